The summed E-state index contributed by atoms with van der Waals surface area (Å²) < 4.78 is 0. The van der Waals surface area contributed by atoms with Crippen molar-refractivity contribution in [3.05, 3.63) is 58.1 Å². The van der Waals surface area contributed by atoms with Gasteiger partial charge < -0.3 is 5.73 Å². The van der Waals surface area contributed by atoms with Gasteiger partial charge in [0.1, 0.15) is 0 Å². The molecule has 112 valence electrons. The fraction of sp³-hybridized carbons (Fsp3) is 0. The van der Waals surface area contributed by atoms with Gasteiger partial charge in [-0.1, -0.05) is 23.2 Å². The van der Waals surface area contributed by atoms with Gasteiger partial charge in [0.15, 0.2) is 0 Å². The smallest absolute Gasteiger partial charge is 0.234 e. The first-order chi connectivity index (χ1) is 10.7. The predicted octanol–water partition coefficient (Wildman–Crippen LogP) is 2.06. The van der Waals surface area contributed by atoms with E-state index in [4.69, 9.17) is 28.9 Å². The molecule has 0 aliphatic rings. The molecule has 0 spiro atoms. The van der Waals surface area contributed by atoms with Gasteiger partial charge in [0.25, 0.3) is 0 Å². The Labute approximate surface area is 136 Å². The van der Waals surface area contributed by atoms with Crippen LogP contribution in [0.15, 0.2) is 52.2 Å². The summed E-state index contributed by atoms with van der Waals surface area (Å²) in [6, 6.07) is 3.30. The van der Waals surface area contributed by atoms with Crippen LogP contribution in [0.2, 0.25) is 10.0 Å². The summed E-state index contributed by atoms with van der Waals surface area (Å²) in [7, 11) is 0. The van der Waals surface area contributed by atoms with E-state index in [2.05, 4.69) is 30.7 Å². The molecule has 0 fully saturated rings. The number of hydrogen-bond acceptors (Lipinski definition) is 5. The van der Waals surface area contributed by atoms with Crippen molar-refractivity contribution in [1.29, 1.82) is 0 Å². The molecule has 2 heterocycles. The number of nitrogens with zero attached hydrogens (tertiary/aromatic N) is 5. The number of nitrogens with two attached hydrogens (primary N) is 1. The van der Waals surface area contributed by atoms with Crippen LogP contribution in [0, 0.1) is 0 Å². The van der Waals surface area contributed by atoms with Gasteiger partial charge in [-0.2, -0.15) is 10.2 Å². The fourth-order valence-electron chi connectivity index (χ4n) is 1.31. The van der Waals surface area contributed by atoms with Gasteiger partial charge in [-0.05, 0) is 12.1 Å². The number of guanidine groups is 1. The highest BCUT2D eigenvalue weighted by atomic mass is 35.5. The Kier molecular flexibility index (Phi) is 5.81. The van der Waals surface area contributed by atoms with E-state index in [1.807, 2.05) is 0 Å². The molecule has 3 N–H and O–H groups in total. The maximum atomic E-state index is 5.94. The van der Waals surface area contributed by atoms with E-state index in [-0.39, 0.29) is 5.96 Å². The Morgan fingerprint density at radius 2 is 1.64 bits per heavy atom. The summed E-state index contributed by atoms with van der Waals surface area (Å²) in [4.78, 5) is 7.85. The molecule has 0 radical (unpaired) electrons. The zero-order valence-electron chi connectivity index (χ0n) is 11.2. The first kappa shape index (κ1) is 15.9. The van der Waals surface area contributed by atoms with Gasteiger partial charge in [0, 0.05) is 35.9 Å². The SMILES string of the molecule is N/C(=N/N=Cc1cnccc1Cl)NN=Cc1cnccc1Cl. The first-order valence-corrected chi connectivity index (χ1v) is 6.77. The normalized spacial score (nSPS) is 12.2. The quantitative estimate of drug-likeness (QED) is 0.507. The van der Waals surface area contributed by atoms with Crippen LogP contribution in [0.3, 0.4) is 0 Å². The molecule has 0 unspecified atom stereocenters. The van der Waals surface area contributed by atoms with Crippen LogP contribution in [0.1, 0.15) is 11.1 Å². The molecular formula is C13H11Cl2N7. The molecule has 0 aromatic carbocycles. The molecule has 0 atom stereocenters. The van der Waals surface area contributed by atoms with E-state index in [0.29, 0.717) is 21.2 Å². The van der Waals surface area contributed by atoms with Crippen LogP contribution in [-0.4, -0.2) is 28.4 Å². The van der Waals surface area contributed by atoms with Gasteiger partial charge in [-0.25, -0.2) is 5.43 Å². The number of nitrogens with one attached hydrogen (secondary N) is 1. The van der Waals surface area contributed by atoms with E-state index in [1.54, 1.807) is 36.9 Å². The van der Waals surface area contributed by atoms with Crippen molar-refractivity contribution >= 4 is 41.6 Å². The lowest BCUT2D eigenvalue weighted by Crippen LogP contribution is -2.26. The summed E-state index contributed by atoms with van der Waals surface area (Å²) in [5.41, 5.74) is 9.38. The molecule has 2 aromatic rings. The van der Waals surface area contributed by atoms with Crippen molar-refractivity contribution in [2.24, 2.45) is 21.0 Å². The number of hydrogen-bond donors (Lipinski definition) is 2. The lowest BCUT2D eigenvalue weighted by atomic mass is 10.3. The van der Waals surface area contributed by atoms with Crippen LogP contribution in [0.25, 0.3) is 0 Å². The Morgan fingerprint density at radius 1 is 1.05 bits per heavy atom. The minimum atomic E-state index is 0.00697. The molecule has 0 amide bonds. The Balaban J connectivity index is 1.93. The highest BCUT2D eigenvalue weighted by Gasteiger charge is 1.96. The minimum Gasteiger partial charge on any atom is -0.367 e. The molecule has 0 saturated heterocycles. The van der Waals surface area contributed by atoms with E-state index in [0.717, 1.165) is 0 Å². The maximum absolute atomic E-state index is 5.94. The summed E-state index contributed by atoms with van der Waals surface area (Å²) in [5, 5.41) is 12.4. The fourth-order valence-corrected chi connectivity index (χ4v) is 1.62. The molecule has 0 saturated carbocycles. The van der Waals surface area contributed by atoms with Crippen LogP contribution in [-0.2, 0) is 0 Å². The van der Waals surface area contributed by atoms with Crippen molar-refractivity contribution in [3.8, 4) is 0 Å². The topological polar surface area (TPSA) is 101 Å². The second-order valence-electron chi connectivity index (χ2n) is 3.89. The zero-order chi connectivity index (χ0) is 15.8. The molecule has 9 heteroatoms. The molecule has 2 rings (SSSR count). The van der Waals surface area contributed by atoms with Crippen molar-refractivity contribution in [2.75, 3.05) is 0 Å². The third-order valence-electron chi connectivity index (χ3n) is 2.34. The highest BCUT2D eigenvalue weighted by Crippen LogP contribution is 2.11. The molecule has 0 aliphatic carbocycles. The van der Waals surface area contributed by atoms with Crippen LogP contribution in [0.5, 0.6) is 0 Å². The first-order valence-electron chi connectivity index (χ1n) is 6.01. The van der Waals surface area contributed by atoms with E-state index >= 15 is 0 Å². The summed E-state index contributed by atoms with van der Waals surface area (Å²) >= 11 is 11.9. The van der Waals surface area contributed by atoms with E-state index < -0.39 is 0 Å². The van der Waals surface area contributed by atoms with Gasteiger partial charge >= 0.3 is 0 Å². The lowest BCUT2D eigenvalue weighted by molar-refractivity contribution is 0.993. The second-order valence-corrected chi connectivity index (χ2v) is 4.71. The third kappa shape index (κ3) is 4.80. The number of halogens is 2. The predicted molar refractivity (Wildman–Crippen MR) is 88.4 cm³/mol. The summed E-state index contributed by atoms with van der Waals surface area (Å²) in [5.74, 6) is 0.00697. The average Bonchev–Trinajstić information content (AvgIpc) is 2.51. The Morgan fingerprint density at radius 3 is 2.23 bits per heavy atom. The Bertz CT molecular complexity index is 728. The maximum Gasteiger partial charge on any atom is 0.234 e. The molecule has 0 aliphatic heterocycles. The molecule has 22 heavy (non-hydrogen) atoms. The zero-order valence-corrected chi connectivity index (χ0v) is 12.7. The Hall–Kier alpha value is -2.51. The monoisotopic (exact) mass is 335 g/mol. The number of aromatic nitrogens is 2. The summed E-state index contributed by atoms with van der Waals surface area (Å²) in [6.07, 6.45) is 9.21. The minimum absolute atomic E-state index is 0.00697. The van der Waals surface area contributed by atoms with Crippen molar-refractivity contribution in [2.45, 2.75) is 0 Å². The molecule has 2 aromatic heterocycles. The van der Waals surface area contributed by atoms with E-state index in [9.17, 15) is 0 Å². The van der Waals surface area contributed by atoms with Gasteiger partial charge in [0.2, 0.25) is 5.96 Å². The third-order valence-corrected chi connectivity index (χ3v) is 3.03. The number of pyridine rings is 2. The van der Waals surface area contributed by atoms with Crippen molar-refractivity contribution in [3.63, 3.8) is 0 Å². The number of rotatable bonds is 4. The molecular weight excluding hydrogens is 325 g/mol. The largest absolute Gasteiger partial charge is 0.367 e. The van der Waals surface area contributed by atoms with Crippen LogP contribution in [0.4, 0.5) is 0 Å². The van der Waals surface area contributed by atoms with Crippen LogP contribution < -0.4 is 11.2 Å². The van der Waals surface area contributed by atoms with Gasteiger partial charge in [-0.15, -0.1) is 5.10 Å². The van der Waals surface area contributed by atoms with Gasteiger partial charge in [-0.3, -0.25) is 9.97 Å². The van der Waals surface area contributed by atoms with Gasteiger partial charge in [0.05, 0.1) is 22.5 Å². The summed E-state index contributed by atoms with van der Waals surface area (Å²) in [6.45, 7) is 0. The van der Waals surface area contributed by atoms with Crippen molar-refractivity contribution in [1.82, 2.24) is 15.4 Å². The van der Waals surface area contributed by atoms with Crippen LogP contribution >= 0.6 is 23.2 Å². The second kappa shape index (κ2) is 8.06. The van der Waals surface area contributed by atoms with E-state index in [1.165, 1.54) is 12.4 Å². The number of hydrazone groups is 1. The highest BCUT2D eigenvalue weighted by molar-refractivity contribution is 6.33. The molecule has 7 nitrogen and oxygen atoms in total. The standard InChI is InChI=1S/C13H11Cl2N7/c14-11-1-3-17-5-9(11)7-19-21-13(16)22-20-8-10-6-18-4-2-12(10)15/h1-8H,(H3,16,21,22). The average molecular weight is 336 g/mol. The lowest BCUT2D eigenvalue weighted by Gasteiger charge is -1.97. The van der Waals surface area contributed by atoms with Crippen molar-refractivity contribution < 1.29 is 0 Å². The molecule has 0 bridgehead atoms.